The molecule has 0 aromatic carbocycles. The van der Waals surface area contributed by atoms with Crippen molar-refractivity contribution in [3.05, 3.63) is 23.5 Å². The van der Waals surface area contributed by atoms with Gasteiger partial charge in [0.2, 0.25) is 0 Å². The molecule has 3 nitrogen and oxygen atoms in total. The number of alkyl halides is 3. The van der Waals surface area contributed by atoms with Crippen LogP contribution in [0.3, 0.4) is 0 Å². The Labute approximate surface area is 78.2 Å². The first-order valence-electron chi connectivity index (χ1n) is 3.70. The maximum absolute atomic E-state index is 12.4. The average Bonchev–Trinajstić information content (AvgIpc) is 2.15. The smallest absolute Gasteiger partial charge is 0.420 e. The number of nitrogens with zero attached hydrogens (tertiary/aromatic N) is 1. The van der Waals surface area contributed by atoms with Gasteiger partial charge in [-0.15, -0.1) is 0 Å². The fraction of sp³-hybridized carbons (Fsp3) is 0.375. The van der Waals surface area contributed by atoms with E-state index in [0.717, 1.165) is 19.4 Å². The maximum atomic E-state index is 12.4. The predicted molar refractivity (Wildman–Crippen MR) is 41.7 cm³/mol. The number of aliphatic hydroxyl groups excluding tert-OH is 1. The monoisotopic (exact) mass is 207 g/mol. The second-order valence-electron chi connectivity index (χ2n) is 2.53. The van der Waals surface area contributed by atoms with Crippen LogP contribution in [-0.4, -0.2) is 17.2 Å². The van der Waals surface area contributed by atoms with Crippen molar-refractivity contribution in [1.82, 2.24) is 4.98 Å². The first-order chi connectivity index (χ1) is 6.49. The molecule has 1 rings (SSSR count). The lowest BCUT2D eigenvalue weighted by molar-refractivity contribution is -0.138. The number of methoxy groups -OCH3 is 1. The third kappa shape index (κ3) is 2.14. The molecular formula is C8H8F3NO2. The first-order valence-corrected chi connectivity index (χ1v) is 3.70. The number of hydrogen-bond donors (Lipinski definition) is 1. The van der Waals surface area contributed by atoms with Gasteiger partial charge in [0.15, 0.2) is 0 Å². The first kappa shape index (κ1) is 10.8. The molecule has 1 N–H and O–H groups in total. The van der Waals surface area contributed by atoms with Gasteiger partial charge in [-0.05, 0) is 6.07 Å². The number of hydrogen-bond acceptors (Lipinski definition) is 3. The van der Waals surface area contributed by atoms with Gasteiger partial charge >= 0.3 is 6.18 Å². The molecule has 0 spiro atoms. The predicted octanol–water partition coefficient (Wildman–Crippen LogP) is 1.60. The summed E-state index contributed by atoms with van der Waals surface area (Å²) in [7, 11) is 1.13. The van der Waals surface area contributed by atoms with E-state index in [1.165, 1.54) is 0 Å². The Morgan fingerprint density at radius 1 is 1.50 bits per heavy atom. The topological polar surface area (TPSA) is 42.4 Å². The van der Waals surface area contributed by atoms with Crippen molar-refractivity contribution in [3.8, 4) is 5.75 Å². The largest absolute Gasteiger partial charge is 0.495 e. The molecule has 1 heterocycles. The minimum atomic E-state index is -4.50. The fourth-order valence-electron chi connectivity index (χ4n) is 0.957. The van der Waals surface area contributed by atoms with Crippen LogP contribution in [0.25, 0.3) is 0 Å². The van der Waals surface area contributed by atoms with Crippen molar-refractivity contribution >= 4 is 0 Å². The molecule has 0 saturated heterocycles. The van der Waals surface area contributed by atoms with Crippen LogP contribution in [-0.2, 0) is 12.8 Å². The number of aromatic nitrogens is 1. The summed E-state index contributed by atoms with van der Waals surface area (Å²) < 4.78 is 41.6. The third-order valence-electron chi connectivity index (χ3n) is 1.61. The summed E-state index contributed by atoms with van der Waals surface area (Å²) in [5, 5.41) is 8.62. The zero-order chi connectivity index (χ0) is 10.8. The van der Waals surface area contributed by atoms with Gasteiger partial charge < -0.3 is 9.84 Å². The number of ether oxygens (including phenoxy) is 1. The summed E-state index contributed by atoms with van der Waals surface area (Å²) in [6, 6.07) is 0.763. The van der Waals surface area contributed by atoms with Crippen LogP contribution in [0.5, 0.6) is 5.75 Å². The van der Waals surface area contributed by atoms with E-state index in [-0.39, 0.29) is 11.4 Å². The molecule has 0 unspecified atom stereocenters. The molecule has 1 aromatic rings. The molecule has 0 aliphatic carbocycles. The molecule has 0 fully saturated rings. The second kappa shape index (κ2) is 3.83. The Bertz CT molecular complexity index is 325. The summed E-state index contributed by atoms with van der Waals surface area (Å²) in [6.45, 7) is -0.535. The Balaban J connectivity index is 3.22. The van der Waals surface area contributed by atoms with Gasteiger partial charge in [-0.1, -0.05) is 0 Å². The van der Waals surface area contributed by atoms with Gasteiger partial charge in [-0.25, -0.2) is 0 Å². The summed E-state index contributed by atoms with van der Waals surface area (Å²) in [6.07, 6.45) is -3.56. The molecule has 78 valence electrons. The molecule has 0 bridgehead atoms. The Hall–Kier alpha value is -1.30. The van der Waals surface area contributed by atoms with Crippen LogP contribution < -0.4 is 4.74 Å². The molecule has 0 amide bonds. The highest BCUT2D eigenvalue weighted by Gasteiger charge is 2.34. The highest BCUT2D eigenvalue weighted by atomic mass is 19.4. The fourth-order valence-corrected chi connectivity index (χ4v) is 0.957. The molecule has 0 aliphatic rings. The third-order valence-corrected chi connectivity index (χ3v) is 1.61. The van der Waals surface area contributed by atoms with Crippen molar-refractivity contribution in [3.63, 3.8) is 0 Å². The summed E-state index contributed by atoms with van der Waals surface area (Å²) in [5.41, 5.74) is -0.975. The lowest BCUT2D eigenvalue weighted by Gasteiger charge is -2.11. The zero-order valence-electron chi connectivity index (χ0n) is 7.30. The minimum absolute atomic E-state index is 0.0434. The molecule has 0 radical (unpaired) electrons. The van der Waals surface area contributed by atoms with Gasteiger partial charge in [-0.2, -0.15) is 13.2 Å². The quantitative estimate of drug-likeness (QED) is 0.800. The van der Waals surface area contributed by atoms with Crippen molar-refractivity contribution in [2.75, 3.05) is 7.11 Å². The number of rotatable bonds is 2. The Kier molecular flexibility index (Phi) is 2.95. The molecule has 0 atom stereocenters. The molecule has 6 heteroatoms. The van der Waals surface area contributed by atoms with E-state index in [2.05, 4.69) is 9.72 Å². The van der Waals surface area contributed by atoms with Crippen LogP contribution in [0.4, 0.5) is 13.2 Å². The highest BCUT2D eigenvalue weighted by molar-refractivity contribution is 5.34. The molecular weight excluding hydrogens is 199 g/mol. The lowest BCUT2D eigenvalue weighted by atomic mass is 10.2. The average molecular weight is 207 g/mol. The van der Waals surface area contributed by atoms with E-state index in [0.29, 0.717) is 0 Å². The Morgan fingerprint density at radius 2 is 2.14 bits per heavy atom. The van der Waals surface area contributed by atoms with Crippen molar-refractivity contribution < 1.29 is 23.0 Å². The SMILES string of the molecule is COc1cnc(CO)cc1C(F)(F)F. The molecule has 14 heavy (non-hydrogen) atoms. The van der Waals surface area contributed by atoms with Crippen molar-refractivity contribution in [2.45, 2.75) is 12.8 Å². The van der Waals surface area contributed by atoms with Gasteiger partial charge in [-0.3, -0.25) is 4.98 Å². The van der Waals surface area contributed by atoms with E-state index in [4.69, 9.17) is 5.11 Å². The number of pyridine rings is 1. The molecule has 1 aromatic heterocycles. The van der Waals surface area contributed by atoms with Crippen molar-refractivity contribution in [1.29, 1.82) is 0 Å². The lowest BCUT2D eigenvalue weighted by Crippen LogP contribution is -2.09. The maximum Gasteiger partial charge on any atom is 0.420 e. The minimum Gasteiger partial charge on any atom is -0.495 e. The van der Waals surface area contributed by atoms with Crippen LogP contribution >= 0.6 is 0 Å². The Morgan fingerprint density at radius 3 is 2.57 bits per heavy atom. The van der Waals surface area contributed by atoms with Crippen LogP contribution in [0.2, 0.25) is 0 Å². The summed E-state index contributed by atoms with van der Waals surface area (Å²) >= 11 is 0. The van der Waals surface area contributed by atoms with Gasteiger partial charge in [0, 0.05) is 0 Å². The van der Waals surface area contributed by atoms with E-state index in [1.807, 2.05) is 0 Å². The second-order valence-corrected chi connectivity index (χ2v) is 2.53. The standard InChI is InChI=1S/C8H8F3NO2/c1-14-7-3-12-5(4-13)2-6(7)8(9,10)11/h2-3,13H,4H2,1H3. The van der Waals surface area contributed by atoms with E-state index >= 15 is 0 Å². The summed E-state index contributed by atoms with van der Waals surface area (Å²) in [4.78, 5) is 3.57. The van der Waals surface area contributed by atoms with Crippen molar-refractivity contribution in [2.24, 2.45) is 0 Å². The normalized spacial score (nSPS) is 11.5. The van der Waals surface area contributed by atoms with Crippen LogP contribution in [0.15, 0.2) is 12.3 Å². The number of halogens is 3. The summed E-state index contributed by atoms with van der Waals surface area (Å²) in [5.74, 6) is -0.352. The van der Waals surface area contributed by atoms with Crippen LogP contribution in [0.1, 0.15) is 11.3 Å². The molecule has 0 saturated carbocycles. The zero-order valence-corrected chi connectivity index (χ0v) is 7.30. The van der Waals surface area contributed by atoms with Gasteiger partial charge in [0.1, 0.15) is 11.3 Å². The molecule has 0 aliphatic heterocycles. The van der Waals surface area contributed by atoms with E-state index < -0.39 is 18.3 Å². The number of aliphatic hydroxyl groups is 1. The van der Waals surface area contributed by atoms with E-state index in [1.54, 1.807) is 0 Å². The van der Waals surface area contributed by atoms with Crippen LogP contribution in [0, 0.1) is 0 Å². The van der Waals surface area contributed by atoms with Gasteiger partial charge in [0.05, 0.1) is 25.6 Å². The van der Waals surface area contributed by atoms with Gasteiger partial charge in [0.25, 0.3) is 0 Å². The highest BCUT2D eigenvalue weighted by Crippen LogP contribution is 2.35. The van der Waals surface area contributed by atoms with E-state index in [9.17, 15) is 13.2 Å².